The molecule has 1 amide bonds. The van der Waals surface area contributed by atoms with E-state index >= 15 is 0 Å². The molecule has 1 heterocycles. The lowest BCUT2D eigenvalue weighted by molar-refractivity contribution is 0.00416. The first-order valence-corrected chi connectivity index (χ1v) is 15.9. The van der Waals surface area contributed by atoms with E-state index < -0.39 is 22.7 Å². The van der Waals surface area contributed by atoms with Gasteiger partial charge >= 0.3 is 6.09 Å². The fourth-order valence-electron chi connectivity index (χ4n) is 7.04. The molecule has 2 aliphatic rings. The number of carbonyl (C=O) groups excluding carboxylic acids is 1. The highest BCUT2D eigenvalue weighted by atomic mass is 32.2. The van der Waals surface area contributed by atoms with Gasteiger partial charge in [-0.2, -0.15) is 0 Å². The predicted octanol–water partition coefficient (Wildman–Crippen LogP) is 8.01. The lowest BCUT2D eigenvalue weighted by Crippen LogP contribution is -2.57. The quantitative estimate of drug-likeness (QED) is 0.243. The minimum atomic E-state index is -1.43. The molecular formula is C37H37NO3S. The zero-order chi connectivity index (χ0) is 29.3. The molecule has 0 bridgehead atoms. The summed E-state index contributed by atoms with van der Waals surface area (Å²) in [6.45, 7) is 4.27. The molecule has 3 atom stereocenters. The molecule has 214 valence electrons. The molecule has 1 N–H and O–H groups in total. The first-order chi connectivity index (χ1) is 20.4. The van der Waals surface area contributed by atoms with Crippen LogP contribution in [0.2, 0.25) is 0 Å². The van der Waals surface area contributed by atoms with Crippen LogP contribution in [0.4, 0.5) is 4.79 Å². The molecule has 5 heteroatoms. The lowest BCUT2D eigenvalue weighted by atomic mass is 9.72. The summed E-state index contributed by atoms with van der Waals surface area (Å²) >= 11 is 1.50. The number of carbonyl (C=O) groups is 1. The summed E-state index contributed by atoms with van der Waals surface area (Å²) in [6, 6.07) is 37.9. The van der Waals surface area contributed by atoms with Gasteiger partial charge in [0.05, 0.1) is 6.04 Å². The van der Waals surface area contributed by atoms with Crippen molar-refractivity contribution in [3.05, 3.63) is 149 Å². The molecule has 4 aromatic rings. The van der Waals surface area contributed by atoms with E-state index in [0.29, 0.717) is 6.42 Å². The Morgan fingerprint density at radius 1 is 0.833 bits per heavy atom. The van der Waals surface area contributed by atoms with Crippen LogP contribution in [-0.2, 0) is 22.4 Å². The molecule has 0 unspecified atom stereocenters. The van der Waals surface area contributed by atoms with Gasteiger partial charge in [0.1, 0.15) is 11.0 Å². The molecule has 1 aliphatic carbocycles. The normalized spacial score (nSPS) is 23.1. The largest absolute Gasteiger partial charge is 0.431 e. The first kappa shape index (κ1) is 28.3. The van der Waals surface area contributed by atoms with Gasteiger partial charge in [-0.3, -0.25) is 4.90 Å². The highest BCUT2D eigenvalue weighted by molar-refractivity contribution is 7.99. The summed E-state index contributed by atoms with van der Waals surface area (Å²) in [5.74, 6) is 0.00972. The Hall–Kier alpha value is -3.80. The van der Waals surface area contributed by atoms with Crippen molar-refractivity contribution in [2.24, 2.45) is 5.92 Å². The molecule has 6 rings (SSSR count). The number of hydrogen-bond acceptors (Lipinski definition) is 4. The zero-order valence-electron chi connectivity index (χ0n) is 24.3. The van der Waals surface area contributed by atoms with E-state index in [1.807, 2.05) is 108 Å². The van der Waals surface area contributed by atoms with Crippen LogP contribution in [0.15, 0.2) is 121 Å². The number of aliphatic hydroxyl groups is 1. The summed E-state index contributed by atoms with van der Waals surface area (Å²) < 4.78 is 6.61. The monoisotopic (exact) mass is 575 g/mol. The van der Waals surface area contributed by atoms with Crippen LogP contribution in [0.5, 0.6) is 0 Å². The number of benzene rings is 4. The van der Waals surface area contributed by atoms with Gasteiger partial charge in [0, 0.05) is 11.1 Å². The third kappa shape index (κ3) is 4.56. The fraction of sp³-hybridized carbons (Fsp3) is 0.270. The summed E-state index contributed by atoms with van der Waals surface area (Å²) in [5, 5.41) is 12.5. The van der Waals surface area contributed by atoms with Crippen LogP contribution in [-0.4, -0.2) is 33.8 Å². The number of aryl methyl sites for hydroxylation is 1. The number of nitrogens with zero attached hydrogens (tertiary/aromatic N) is 1. The van der Waals surface area contributed by atoms with Crippen LogP contribution in [0.25, 0.3) is 6.08 Å². The molecule has 0 aromatic heterocycles. The minimum Gasteiger partial charge on any atom is -0.431 e. The Kier molecular flexibility index (Phi) is 7.73. The number of amides is 1. The van der Waals surface area contributed by atoms with Crippen LogP contribution >= 0.6 is 11.8 Å². The molecule has 42 heavy (non-hydrogen) atoms. The van der Waals surface area contributed by atoms with E-state index in [9.17, 15) is 9.90 Å². The van der Waals surface area contributed by atoms with Gasteiger partial charge in [-0.1, -0.05) is 135 Å². The molecule has 0 saturated carbocycles. The number of hydrogen-bond donors (Lipinski definition) is 1. The lowest BCUT2D eigenvalue weighted by Gasteiger charge is -2.48. The maximum absolute atomic E-state index is 14.4. The third-order valence-corrected chi connectivity index (χ3v) is 9.78. The van der Waals surface area contributed by atoms with Crippen LogP contribution in [0.3, 0.4) is 0 Å². The second-order valence-corrected chi connectivity index (χ2v) is 12.4. The van der Waals surface area contributed by atoms with E-state index in [4.69, 9.17) is 4.74 Å². The van der Waals surface area contributed by atoms with Gasteiger partial charge in [0.15, 0.2) is 5.60 Å². The van der Waals surface area contributed by atoms with Gasteiger partial charge in [0.2, 0.25) is 0 Å². The van der Waals surface area contributed by atoms with Crippen molar-refractivity contribution in [3.8, 4) is 0 Å². The molecule has 0 radical (unpaired) electrons. The zero-order valence-corrected chi connectivity index (χ0v) is 25.1. The third-order valence-electron chi connectivity index (χ3n) is 8.77. The average molecular weight is 576 g/mol. The summed E-state index contributed by atoms with van der Waals surface area (Å²) in [7, 11) is 0. The average Bonchev–Trinajstić information content (AvgIpc) is 3.34. The smallest absolute Gasteiger partial charge is 0.412 e. The van der Waals surface area contributed by atoms with Crippen molar-refractivity contribution in [3.63, 3.8) is 0 Å². The Morgan fingerprint density at radius 3 is 1.95 bits per heavy atom. The van der Waals surface area contributed by atoms with Crippen molar-refractivity contribution < 1.29 is 14.6 Å². The number of ether oxygens (including phenoxy) is 1. The van der Waals surface area contributed by atoms with Crippen molar-refractivity contribution in [2.45, 2.75) is 49.3 Å². The van der Waals surface area contributed by atoms with Gasteiger partial charge in [-0.05, 0) is 47.3 Å². The molecule has 0 spiro atoms. The second-order valence-electron chi connectivity index (χ2n) is 11.5. The Balaban J connectivity index is 1.57. The molecular weight excluding hydrogens is 538 g/mol. The highest BCUT2D eigenvalue weighted by Gasteiger charge is 2.62. The Labute approximate surface area is 253 Å². The van der Waals surface area contributed by atoms with Crippen LogP contribution in [0, 0.1) is 5.92 Å². The molecule has 4 aromatic carbocycles. The number of fused-ring (bicyclic) bond motifs is 1. The van der Waals surface area contributed by atoms with Crippen molar-refractivity contribution in [1.29, 1.82) is 0 Å². The highest BCUT2D eigenvalue weighted by Crippen LogP contribution is 2.54. The maximum atomic E-state index is 14.4. The van der Waals surface area contributed by atoms with E-state index in [1.54, 1.807) is 0 Å². The summed E-state index contributed by atoms with van der Waals surface area (Å²) in [4.78, 5) is 16.2. The number of thioether (sulfide) groups is 1. The topological polar surface area (TPSA) is 49.8 Å². The standard InChI is InChI=1S/C37H37NO3S/c1-26(2)33-37(29-18-9-5-10-19-29,30-20-11-6-12-21-30)41-35(39)38(33)34(42-3)36(40)31(25-27-15-7-4-8-16-27)24-23-28-17-13-14-22-32(28)36/h4-22,25-26,33-34,40H,23-24H2,1-3H3/b31-25+/t33-,34-,36-/m0/s1. The predicted molar refractivity (Wildman–Crippen MR) is 171 cm³/mol. The van der Waals surface area contributed by atoms with Crippen LogP contribution in [0.1, 0.15) is 48.1 Å². The Morgan fingerprint density at radius 2 is 1.38 bits per heavy atom. The maximum Gasteiger partial charge on any atom is 0.412 e. The molecule has 1 aliphatic heterocycles. The van der Waals surface area contributed by atoms with Crippen molar-refractivity contribution >= 4 is 23.9 Å². The summed E-state index contributed by atoms with van der Waals surface area (Å²) in [6.07, 6.45) is 5.18. The van der Waals surface area contributed by atoms with Crippen LogP contribution < -0.4 is 0 Å². The van der Waals surface area contributed by atoms with E-state index in [1.165, 1.54) is 11.8 Å². The fourth-order valence-corrected chi connectivity index (χ4v) is 8.11. The summed E-state index contributed by atoms with van der Waals surface area (Å²) in [5.41, 5.74) is 3.25. The van der Waals surface area contributed by atoms with Gasteiger partial charge < -0.3 is 9.84 Å². The minimum absolute atomic E-state index is 0.00972. The van der Waals surface area contributed by atoms with Gasteiger partial charge in [-0.15, -0.1) is 11.8 Å². The van der Waals surface area contributed by atoms with Gasteiger partial charge in [-0.25, -0.2) is 4.79 Å². The molecule has 1 fully saturated rings. The first-order valence-electron chi connectivity index (χ1n) is 14.6. The van der Waals surface area contributed by atoms with Gasteiger partial charge in [0.25, 0.3) is 0 Å². The molecule has 1 saturated heterocycles. The second kappa shape index (κ2) is 11.5. The number of rotatable bonds is 7. The van der Waals surface area contributed by atoms with E-state index in [-0.39, 0.29) is 12.0 Å². The van der Waals surface area contributed by atoms with E-state index in [2.05, 4.69) is 38.1 Å². The Bertz CT molecular complexity index is 1530. The van der Waals surface area contributed by atoms with E-state index in [0.717, 1.165) is 39.8 Å². The van der Waals surface area contributed by atoms with Crippen molar-refractivity contribution in [2.75, 3.05) is 6.26 Å². The van der Waals surface area contributed by atoms with Crippen molar-refractivity contribution in [1.82, 2.24) is 4.90 Å². The SMILES string of the molecule is CS[C@H](N1C(=O)OC(c2ccccc2)(c2ccccc2)[C@@H]1C(C)C)[C@]1(O)/C(=C/c2ccccc2)CCc2ccccc21. The molecule has 4 nitrogen and oxygen atoms in total. The number of cyclic esters (lactones) is 1.